The number of aromatic nitrogens is 1. The predicted octanol–water partition coefficient (Wildman–Crippen LogP) is 2.39. The van der Waals surface area contributed by atoms with Crippen molar-refractivity contribution in [2.75, 3.05) is 20.1 Å². The first-order chi connectivity index (χ1) is 11.0. The van der Waals surface area contributed by atoms with Crippen LogP contribution < -0.4 is 0 Å². The van der Waals surface area contributed by atoms with Gasteiger partial charge in [-0.3, -0.25) is 9.59 Å². The quantitative estimate of drug-likeness (QED) is 0.924. The number of piperidine rings is 1. The van der Waals surface area contributed by atoms with Gasteiger partial charge in [0.15, 0.2) is 0 Å². The summed E-state index contributed by atoms with van der Waals surface area (Å²) >= 11 is 0. The molecule has 0 radical (unpaired) electrons. The highest BCUT2D eigenvalue weighted by Gasteiger charge is 2.27. The lowest BCUT2D eigenvalue weighted by Gasteiger charge is -2.36. The summed E-state index contributed by atoms with van der Waals surface area (Å²) in [6.45, 7) is 2.74. The van der Waals surface area contributed by atoms with Gasteiger partial charge in [0.2, 0.25) is 5.91 Å². The van der Waals surface area contributed by atoms with Crippen molar-refractivity contribution in [2.45, 2.75) is 25.8 Å². The van der Waals surface area contributed by atoms with E-state index in [0.29, 0.717) is 29.7 Å². The average molecular weight is 317 g/mol. The molecule has 6 heteroatoms. The fourth-order valence-electron chi connectivity index (χ4n) is 3.12. The van der Waals surface area contributed by atoms with Crippen LogP contribution in [0.25, 0.3) is 10.9 Å². The molecule has 0 unspecified atom stereocenters. The Morgan fingerprint density at radius 2 is 2.00 bits per heavy atom. The zero-order valence-electron chi connectivity index (χ0n) is 13.3. The normalized spacial score (nSPS) is 15.9. The van der Waals surface area contributed by atoms with E-state index in [1.807, 2.05) is 0 Å². The minimum atomic E-state index is -0.334. The topological polar surface area (TPSA) is 56.4 Å². The lowest BCUT2D eigenvalue weighted by Crippen LogP contribution is -2.46. The van der Waals surface area contributed by atoms with Crippen LogP contribution in [0.1, 0.15) is 30.3 Å². The number of rotatable bonds is 2. The Bertz CT molecular complexity index is 747. The van der Waals surface area contributed by atoms with Crippen LogP contribution in [-0.2, 0) is 4.79 Å². The van der Waals surface area contributed by atoms with Gasteiger partial charge in [-0.05, 0) is 31.0 Å². The third kappa shape index (κ3) is 2.93. The first-order valence-electron chi connectivity index (χ1n) is 7.77. The summed E-state index contributed by atoms with van der Waals surface area (Å²) in [5.41, 5.74) is 1.03. The maximum absolute atomic E-state index is 13.7. The molecule has 0 saturated carbocycles. The molecule has 1 aromatic heterocycles. The largest absolute Gasteiger partial charge is 0.350 e. The molecule has 1 saturated heterocycles. The molecule has 0 spiro atoms. The predicted molar refractivity (Wildman–Crippen MR) is 85.6 cm³/mol. The van der Waals surface area contributed by atoms with Gasteiger partial charge in [0, 0.05) is 44.0 Å². The highest BCUT2D eigenvalue weighted by molar-refractivity contribution is 5.98. The maximum atomic E-state index is 13.7. The summed E-state index contributed by atoms with van der Waals surface area (Å²) < 4.78 is 13.7. The minimum Gasteiger partial charge on any atom is -0.350 e. The number of hydrogen-bond acceptors (Lipinski definition) is 2. The lowest BCUT2D eigenvalue weighted by atomic mass is 10.0. The van der Waals surface area contributed by atoms with Crippen LogP contribution in [0.3, 0.4) is 0 Å². The number of hydrogen-bond donors (Lipinski definition) is 1. The van der Waals surface area contributed by atoms with Crippen LogP contribution in [0, 0.1) is 5.82 Å². The van der Waals surface area contributed by atoms with Crippen molar-refractivity contribution in [3.63, 3.8) is 0 Å². The van der Waals surface area contributed by atoms with Crippen molar-refractivity contribution in [1.82, 2.24) is 14.8 Å². The van der Waals surface area contributed by atoms with Crippen molar-refractivity contribution in [2.24, 2.45) is 0 Å². The molecular weight excluding hydrogens is 297 g/mol. The summed E-state index contributed by atoms with van der Waals surface area (Å²) in [4.78, 5) is 30.5. The van der Waals surface area contributed by atoms with Gasteiger partial charge in [-0.15, -0.1) is 0 Å². The Balaban J connectivity index is 1.71. The fourth-order valence-corrected chi connectivity index (χ4v) is 3.12. The molecular formula is C17H20FN3O2. The zero-order valence-corrected chi connectivity index (χ0v) is 13.3. The zero-order chi connectivity index (χ0) is 16.6. The monoisotopic (exact) mass is 317 g/mol. The van der Waals surface area contributed by atoms with Gasteiger partial charge in [-0.1, -0.05) is 6.07 Å². The van der Waals surface area contributed by atoms with Crippen molar-refractivity contribution < 1.29 is 14.0 Å². The van der Waals surface area contributed by atoms with Crippen molar-refractivity contribution >= 4 is 22.7 Å². The molecule has 1 aliphatic heterocycles. The highest BCUT2D eigenvalue weighted by atomic mass is 19.1. The van der Waals surface area contributed by atoms with Gasteiger partial charge in [0.05, 0.1) is 0 Å². The van der Waals surface area contributed by atoms with Crippen molar-refractivity contribution in [1.29, 1.82) is 0 Å². The fraction of sp³-hybridized carbons (Fsp3) is 0.412. The van der Waals surface area contributed by atoms with Gasteiger partial charge >= 0.3 is 0 Å². The molecule has 2 amide bonds. The number of amides is 2. The molecule has 0 atom stereocenters. The number of H-pyrrole nitrogens is 1. The number of fused-ring (bicyclic) bond motifs is 1. The van der Waals surface area contributed by atoms with Crippen LogP contribution >= 0.6 is 0 Å². The van der Waals surface area contributed by atoms with Crippen molar-refractivity contribution in [3.8, 4) is 0 Å². The third-order valence-electron chi connectivity index (χ3n) is 4.64. The summed E-state index contributed by atoms with van der Waals surface area (Å²) in [5.74, 6) is -0.412. The Morgan fingerprint density at radius 1 is 1.30 bits per heavy atom. The SMILES string of the molecule is CC(=O)N(C)C1CCN(C(=O)c2cc3c(F)cccc3[nH]2)CC1. The van der Waals surface area contributed by atoms with E-state index in [4.69, 9.17) is 0 Å². The highest BCUT2D eigenvalue weighted by Crippen LogP contribution is 2.22. The summed E-state index contributed by atoms with van der Waals surface area (Å²) in [7, 11) is 1.80. The number of likely N-dealkylation sites (tertiary alicyclic amines) is 1. The van der Waals surface area contributed by atoms with E-state index in [9.17, 15) is 14.0 Å². The molecule has 1 aliphatic rings. The van der Waals surface area contributed by atoms with Gasteiger partial charge < -0.3 is 14.8 Å². The summed E-state index contributed by atoms with van der Waals surface area (Å²) in [6.07, 6.45) is 1.52. The van der Waals surface area contributed by atoms with E-state index in [1.54, 1.807) is 42.0 Å². The van der Waals surface area contributed by atoms with Gasteiger partial charge in [0.25, 0.3) is 5.91 Å². The van der Waals surface area contributed by atoms with E-state index in [2.05, 4.69) is 4.98 Å². The number of nitrogens with zero attached hydrogens (tertiary/aromatic N) is 2. The second kappa shape index (κ2) is 6.02. The van der Waals surface area contributed by atoms with E-state index >= 15 is 0 Å². The number of nitrogens with one attached hydrogen (secondary N) is 1. The molecule has 23 heavy (non-hydrogen) atoms. The Hall–Kier alpha value is -2.37. The average Bonchev–Trinajstić information content (AvgIpc) is 2.99. The van der Waals surface area contributed by atoms with Crippen LogP contribution in [0.2, 0.25) is 0 Å². The van der Waals surface area contributed by atoms with Crippen molar-refractivity contribution in [3.05, 3.63) is 35.8 Å². The van der Waals surface area contributed by atoms with Crippen LogP contribution in [0.5, 0.6) is 0 Å². The standard InChI is InChI=1S/C17H20FN3O2/c1-11(22)20(2)12-6-8-21(9-7-12)17(23)16-10-13-14(18)4-3-5-15(13)19-16/h3-5,10,12,19H,6-9H2,1-2H3. The minimum absolute atomic E-state index is 0.0425. The number of aromatic amines is 1. The number of halogens is 1. The second-order valence-electron chi connectivity index (χ2n) is 6.04. The smallest absolute Gasteiger partial charge is 0.270 e. The van der Waals surface area contributed by atoms with Crippen LogP contribution in [0.15, 0.2) is 24.3 Å². The van der Waals surface area contributed by atoms with E-state index < -0.39 is 0 Å². The molecule has 0 aliphatic carbocycles. The van der Waals surface area contributed by atoms with Gasteiger partial charge in [-0.25, -0.2) is 4.39 Å². The summed E-state index contributed by atoms with van der Waals surface area (Å²) in [6, 6.07) is 6.50. The Morgan fingerprint density at radius 3 is 2.61 bits per heavy atom. The van der Waals surface area contributed by atoms with E-state index in [0.717, 1.165) is 12.8 Å². The third-order valence-corrected chi connectivity index (χ3v) is 4.64. The van der Waals surface area contributed by atoms with E-state index in [-0.39, 0.29) is 23.7 Å². The van der Waals surface area contributed by atoms with Gasteiger partial charge in [0.1, 0.15) is 11.5 Å². The number of carbonyl (C=O) groups excluding carboxylic acids is 2. The van der Waals surface area contributed by atoms with Crippen LogP contribution in [-0.4, -0.2) is 52.8 Å². The molecule has 2 heterocycles. The molecule has 1 fully saturated rings. The first-order valence-corrected chi connectivity index (χ1v) is 7.77. The first kappa shape index (κ1) is 15.5. The number of carbonyl (C=O) groups is 2. The molecule has 3 rings (SSSR count). The molecule has 1 aromatic carbocycles. The second-order valence-corrected chi connectivity index (χ2v) is 6.04. The molecule has 0 bridgehead atoms. The Kier molecular flexibility index (Phi) is 4.07. The lowest BCUT2D eigenvalue weighted by molar-refractivity contribution is -0.130. The van der Waals surface area contributed by atoms with Crippen LogP contribution in [0.4, 0.5) is 4.39 Å². The molecule has 5 nitrogen and oxygen atoms in total. The molecule has 122 valence electrons. The maximum Gasteiger partial charge on any atom is 0.270 e. The number of benzene rings is 1. The summed E-state index contributed by atoms with van der Waals surface area (Å²) in [5, 5.41) is 0.432. The van der Waals surface area contributed by atoms with Gasteiger partial charge in [-0.2, -0.15) is 0 Å². The van der Waals surface area contributed by atoms with E-state index in [1.165, 1.54) is 6.07 Å². The Labute approximate surface area is 134 Å². The molecule has 2 aromatic rings. The molecule has 1 N–H and O–H groups in total.